The van der Waals surface area contributed by atoms with Gasteiger partial charge in [0.2, 0.25) is 11.8 Å². The van der Waals surface area contributed by atoms with Crippen LogP contribution in [0.15, 0.2) is 18.2 Å². The Bertz CT molecular complexity index is 520. The first-order valence-electron chi connectivity index (χ1n) is 5.75. The molecule has 2 amide bonds. The highest BCUT2D eigenvalue weighted by Gasteiger charge is 2.09. The minimum absolute atomic E-state index is 0.154. The van der Waals surface area contributed by atoms with Crippen molar-refractivity contribution in [2.75, 3.05) is 17.7 Å². The number of anilines is 2. The fraction of sp³-hybridized carbons (Fsp3) is 0.308. The number of benzene rings is 1. The Morgan fingerprint density at radius 2 is 2.05 bits per heavy atom. The summed E-state index contributed by atoms with van der Waals surface area (Å²) in [5, 5.41) is 13.6. The molecular formula is C13H15N3O3. The van der Waals surface area contributed by atoms with E-state index in [2.05, 4.69) is 10.6 Å². The van der Waals surface area contributed by atoms with Crippen molar-refractivity contribution in [2.45, 2.75) is 19.8 Å². The number of nitrogens with zero attached hydrogens (tertiary/aromatic N) is 1. The van der Waals surface area contributed by atoms with Crippen LogP contribution in [-0.4, -0.2) is 18.9 Å². The van der Waals surface area contributed by atoms with E-state index in [1.165, 1.54) is 7.11 Å². The van der Waals surface area contributed by atoms with Crippen LogP contribution in [0.25, 0.3) is 0 Å². The van der Waals surface area contributed by atoms with Crippen LogP contribution in [0.2, 0.25) is 0 Å². The molecule has 0 bridgehead atoms. The van der Waals surface area contributed by atoms with Gasteiger partial charge in [0.15, 0.2) is 0 Å². The molecule has 0 saturated carbocycles. The summed E-state index contributed by atoms with van der Waals surface area (Å²) in [7, 11) is 1.49. The van der Waals surface area contributed by atoms with Crippen LogP contribution in [0.3, 0.4) is 0 Å². The molecule has 100 valence electrons. The average Bonchev–Trinajstić information content (AvgIpc) is 2.39. The lowest BCUT2D eigenvalue weighted by Crippen LogP contribution is -2.13. The second-order valence-electron chi connectivity index (χ2n) is 3.70. The molecule has 0 spiro atoms. The third kappa shape index (κ3) is 4.32. The molecule has 0 fully saturated rings. The quantitative estimate of drug-likeness (QED) is 0.846. The second-order valence-corrected chi connectivity index (χ2v) is 3.70. The predicted molar refractivity (Wildman–Crippen MR) is 70.8 cm³/mol. The first-order chi connectivity index (χ1) is 9.10. The van der Waals surface area contributed by atoms with Gasteiger partial charge in [-0.15, -0.1) is 0 Å². The van der Waals surface area contributed by atoms with Crippen LogP contribution in [0, 0.1) is 11.3 Å². The summed E-state index contributed by atoms with van der Waals surface area (Å²) in [6.45, 7) is 1.74. The van der Waals surface area contributed by atoms with Crippen LogP contribution >= 0.6 is 0 Å². The molecular weight excluding hydrogens is 246 g/mol. The molecule has 0 atom stereocenters. The molecule has 0 aliphatic heterocycles. The highest BCUT2D eigenvalue weighted by molar-refractivity contribution is 5.95. The van der Waals surface area contributed by atoms with E-state index in [9.17, 15) is 9.59 Å². The third-order valence-corrected chi connectivity index (χ3v) is 2.32. The number of hydrogen-bond donors (Lipinski definition) is 2. The zero-order valence-electron chi connectivity index (χ0n) is 10.8. The number of ether oxygens (including phenoxy) is 1. The molecule has 0 unspecified atom stereocenters. The highest BCUT2D eigenvalue weighted by Crippen LogP contribution is 2.28. The van der Waals surface area contributed by atoms with Gasteiger partial charge >= 0.3 is 0 Å². The summed E-state index contributed by atoms with van der Waals surface area (Å²) in [6, 6.07) is 6.61. The Balaban J connectivity index is 2.91. The van der Waals surface area contributed by atoms with Crippen molar-refractivity contribution < 1.29 is 14.3 Å². The Kier molecular flexibility index (Phi) is 5.35. The van der Waals surface area contributed by atoms with E-state index in [4.69, 9.17) is 10.00 Å². The van der Waals surface area contributed by atoms with Crippen molar-refractivity contribution in [2.24, 2.45) is 0 Å². The number of hydrogen-bond acceptors (Lipinski definition) is 4. The Hall–Kier alpha value is -2.55. The zero-order chi connectivity index (χ0) is 14.3. The van der Waals surface area contributed by atoms with Crippen molar-refractivity contribution in [3.05, 3.63) is 18.2 Å². The minimum atomic E-state index is -0.402. The zero-order valence-corrected chi connectivity index (χ0v) is 10.8. The van der Waals surface area contributed by atoms with Crippen molar-refractivity contribution >= 4 is 23.2 Å². The van der Waals surface area contributed by atoms with E-state index in [0.29, 0.717) is 23.5 Å². The molecule has 0 aliphatic rings. The fourth-order valence-electron chi connectivity index (χ4n) is 1.40. The van der Waals surface area contributed by atoms with Gasteiger partial charge in [0, 0.05) is 12.1 Å². The first kappa shape index (κ1) is 14.5. The molecule has 0 heterocycles. The number of nitriles is 1. The summed E-state index contributed by atoms with van der Waals surface area (Å²) in [5.41, 5.74) is 0.969. The lowest BCUT2D eigenvalue weighted by atomic mass is 10.2. The normalized spacial score (nSPS) is 9.32. The molecule has 0 radical (unpaired) electrons. The Labute approximate surface area is 111 Å². The van der Waals surface area contributed by atoms with Crippen LogP contribution in [0.4, 0.5) is 11.4 Å². The molecule has 6 heteroatoms. The summed E-state index contributed by atoms with van der Waals surface area (Å²) in [4.78, 5) is 22.7. The van der Waals surface area contributed by atoms with Crippen molar-refractivity contribution in [1.29, 1.82) is 5.26 Å². The lowest BCUT2D eigenvalue weighted by Gasteiger charge is -2.12. The molecule has 1 aromatic rings. The van der Waals surface area contributed by atoms with Gasteiger partial charge < -0.3 is 15.4 Å². The number of methoxy groups -OCH3 is 1. The van der Waals surface area contributed by atoms with E-state index in [1.807, 2.05) is 0 Å². The van der Waals surface area contributed by atoms with E-state index < -0.39 is 5.91 Å². The van der Waals surface area contributed by atoms with Gasteiger partial charge in [0.1, 0.15) is 12.2 Å². The van der Waals surface area contributed by atoms with E-state index in [0.717, 1.165) is 0 Å². The van der Waals surface area contributed by atoms with Gasteiger partial charge in [-0.25, -0.2) is 0 Å². The summed E-state index contributed by atoms with van der Waals surface area (Å²) < 4.78 is 5.12. The minimum Gasteiger partial charge on any atom is -0.495 e. The number of nitrogens with one attached hydrogen (secondary N) is 2. The molecule has 0 aromatic heterocycles. The van der Waals surface area contributed by atoms with Gasteiger partial charge in [-0.3, -0.25) is 9.59 Å². The maximum atomic E-state index is 11.4. The average molecular weight is 261 g/mol. The van der Waals surface area contributed by atoms with Crippen LogP contribution in [0.5, 0.6) is 5.75 Å². The second kappa shape index (κ2) is 7.01. The SMILES string of the molecule is CCC(=O)Nc1cc(NC(=O)CC#N)ccc1OC. The van der Waals surface area contributed by atoms with Crippen LogP contribution in [0.1, 0.15) is 19.8 Å². The Morgan fingerprint density at radius 1 is 1.32 bits per heavy atom. The molecule has 6 nitrogen and oxygen atoms in total. The van der Waals surface area contributed by atoms with Gasteiger partial charge in [-0.1, -0.05) is 6.92 Å². The monoisotopic (exact) mass is 261 g/mol. The molecule has 0 aliphatic carbocycles. The summed E-state index contributed by atoms with van der Waals surface area (Å²) in [5.74, 6) is -0.0562. The van der Waals surface area contributed by atoms with Gasteiger partial charge in [0.05, 0.1) is 18.9 Å². The summed E-state index contributed by atoms with van der Waals surface area (Å²) >= 11 is 0. The van der Waals surface area contributed by atoms with E-state index in [1.54, 1.807) is 31.2 Å². The Morgan fingerprint density at radius 3 is 2.63 bits per heavy atom. The fourth-order valence-corrected chi connectivity index (χ4v) is 1.40. The van der Waals surface area contributed by atoms with Gasteiger partial charge in [-0.05, 0) is 18.2 Å². The largest absolute Gasteiger partial charge is 0.495 e. The number of rotatable bonds is 5. The number of amides is 2. The summed E-state index contributed by atoms with van der Waals surface area (Å²) in [6.07, 6.45) is 0.122. The maximum Gasteiger partial charge on any atom is 0.238 e. The first-order valence-corrected chi connectivity index (χ1v) is 5.75. The number of carbonyl (C=O) groups excluding carboxylic acids is 2. The lowest BCUT2D eigenvalue weighted by molar-refractivity contribution is -0.116. The topological polar surface area (TPSA) is 91.2 Å². The van der Waals surface area contributed by atoms with Crippen molar-refractivity contribution in [1.82, 2.24) is 0 Å². The third-order valence-electron chi connectivity index (χ3n) is 2.32. The van der Waals surface area contributed by atoms with Gasteiger partial charge in [-0.2, -0.15) is 5.26 Å². The standard InChI is InChI=1S/C13H15N3O3/c1-3-12(17)16-10-8-9(4-5-11(10)19-2)15-13(18)6-7-14/h4-5,8H,3,6H2,1-2H3,(H,15,18)(H,16,17). The van der Waals surface area contributed by atoms with Crippen LogP contribution < -0.4 is 15.4 Å². The van der Waals surface area contributed by atoms with Crippen molar-refractivity contribution in [3.8, 4) is 11.8 Å². The molecule has 0 saturated heterocycles. The molecule has 2 N–H and O–H groups in total. The van der Waals surface area contributed by atoms with E-state index in [-0.39, 0.29) is 12.3 Å². The van der Waals surface area contributed by atoms with Gasteiger partial charge in [0.25, 0.3) is 0 Å². The number of carbonyl (C=O) groups is 2. The molecule has 1 aromatic carbocycles. The van der Waals surface area contributed by atoms with E-state index >= 15 is 0 Å². The predicted octanol–water partition coefficient (Wildman–Crippen LogP) is 1.90. The highest BCUT2D eigenvalue weighted by atomic mass is 16.5. The smallest absolute Gasteiger partial charge is 0.238 e. The van der Waals surface area contributed by atoms with Crippen LogP contribution in [-0.2, 0) is 9.59 Å². The molecule has 1 rings (SSSR count). The molecule has 19 heavy (non-hydrogen) atoms. The van der Waals surface area contributed by atoms with Crippen molar-refractivity contribution in [3.63, 3.8) is 0 Å². The maximum absolute atomic E-state index is 11.4.